The van der Waals surface area contributed by atoms with E-state index in [1.807, 2.05) is 47.8 Å². The van der Waals surface area contributed by atoms with Gasteiger partial charge in [-0.25, -0.2) is 5.43 Å². The number of hydrogen-bond acceptors (Lipinski definition) is 4. The summed E-state index contributed by atoms with van der Waals surface area (Å²) >= 11 is 1.38. The number of ether oxygens (including phenoxy) is 1. The molecule has 2 aromatic carbocycles. The molecular weight excluding hydrogens is 296 g/mol. The largest absolute Gasteiger partial charge is 0.496 e. The average molecular weight is 310 g/mol. The maximum Gasteiger partial charge on any atom is 0.281 e. The van der Waals surface area contributed by atoms with Gasteiger partial charge in [-0.1, -0.05) is 36.4 Å². The molecule has 0 aliphatic rings. The van der Waals surface area contributed by atoms with Gasteiger partial charge in [0.25, 0.3) is 5.91 Å². The first kappa shape index (κ1) is 14.3. The van der Waals surface area contributed by atoms with Crippen LogP contribution in [0.15, 0.2) is 59.0 Å². The van der Waals surface area contributed by atoms with E-state index in [4.69, 9.17) is 4.74 Å². The van der Waals surface area contributed by atoms with Gasteiger partial charge in [-0.2, -0.15) is 5.10 Å². The van der Waals surface area contributed by atoms with Gasteiger partial charge >= 0.3 is 0 Å². The Labute approximate surface area is 132 Å². The maximum absolute atomic E-state index is 11.9. The molecule has 0 saturated heterocycles. The highest BCUT2D eigenvalue weighted by molar-refractivity contribution is 7.12. The van der Waals surface area contributed by atoms with E-state index in [0.29, 0.717) is 10.6 Å². The lowest BCUT2D eigenvalue weighted by Crippen LogP contribution is -2.16. The van der Waals surface area contributed by atoms with Gasteiger partial charge in [0.1, 0.15) is 5.75 Å². The van der Waals surface area contributed by atoms with Crippen LogP contribution < -0.4 is 10.2 Å². The van der Waals surface area contributed by atoms with E-state index in [-0.39, 0.29) is 5.91 Å². The van der Waals surface area contributed by atoms with Gasteiger partial charge < -0.3 is 4.74 Å². The second-order valence-corrected chi connectivity index (χ2v) is 5.53. The first-order valence-corrected chi connectivity index (χ1v) is 7.60. The normalized spacial score (nSPS) is 11.0. The first-order valence-electron chi connectivity index (χ1n) is 6.72. The van der Waals surface area contributed by atoms with E-state index >= 15 is 0 Å². The number of fused-ring (bicyclic) bond motifs is 1. The second-order valence-electron chi connectivity index (χ2n) is 4.58. The van der Waals surface area contributed by atoms with E-state index in [1.165, 1.54) is 11.3 Å². The summed E-state index contributed by atoms with van der Waals surface area (Å²) in [5.41, 5.74) is 3.37. The van der Waals surface area contributed by atoms with Gasteiger partial charge in [-0.05, 0) is 28.3 Å². The molecule has 0 atom stereocenters. The van der Waals surface area contributed by atoms with Crippen molar-refractivity contribution >= 4 is 34.2 Å². The fourth-order valence-corrected chi connectivity index (χ4v) is 2.82. The number of thiophene rings is 1. The summed E-state index contributed by atoms with van der Waals surface area (Å²) in [5.74, 6) is 0.498. The Balaban J connectivity index is 1.89. The standard InChI is InChI=1S/C17H14N2O2S/c1-21-15-9-8-12-5-2-3-6-13(12)14(15)11-18-19-17(20)16-7-4-10-22-16/h2-11H,1H3,(H,19,20). The Hall–Kier alpha value is -2.66. The number of hydrazone groups is 1. The van der Waals surface area contributed by atoms with Crippen molar-refractivity contribution in [3.8, 4) is 5.75 Å². The summed E-state index contributed by atoms with van der Waals surface area (Å²) in [6.45, 7) is 0. The summed E-state index contributed by atoms with van der Waals surface area (Å²) in [5, 5.41) is 8.03. The lowest BCUT2D eigenvalue weighted by molar-refractivity contribution is 0.0959. The monoisotopic (exact) mass is 310 g/mol. The van der Waals surface area contributed by atoms with Gasteiger partial charge in [0.15, 0.2) is 0 Å². The van der Waals surface area contributed by atoms with Crippen molar-refractivity contribution in [3.63, 3.8) is 0 Å². The van der Waals surface area contributed by atoms with Crippen molar-refractivity contribution in [2.24, 2.45) is 5.10 Å². The number of nitrogens with one attached hydrogen (secondary N) is 1. The third-order valence-electron chi connectivity index (χ3n) is 3.26. The molecule has 0 fully saturated rings. The highest BCUT2D eigenvalue weighted by Gasteiger charge is 2.07. The van der Waals surface area contributed by atoms with Crippen LogP contribution in [0.25, 0.3) is 10.8 Å². The predicted octanol–water partition coefficient (Wildman–Crippen LogP) is 3.67. The zero-order valence-corrected chi connectivity index (χ0v) is 12.8. The van der Waals surface area contributed by atoms with Crippen LogP contribution in [-0.4, -0.2) is 19.2 Å². The molecule has 0 aliphatic carbocycles. The molecule has 0 bridgehead atoms. The van der Waals surface area contributed by atoms with Crippen LogP contribution in [0.3, 0.4) is 0 Å². The quantitative estimate of drug-likeness (QED) is 0.590. The third-order valence-corrected chi connectivity index (χ3v) is 4.12. The van der Waals surface area contributed by atoms with Crippen molar-refractivity contribution in [1.29, 1.82) is 0 Å². The van der Waals surface area contributed by atoms with Crippen molar-refractivity contribution in [2.45, 2.75) is 0 Å². The zero-order valence-electron chi connectivity index (χ0n) is 11.9. The van der Waals surface area contributed by atoms with Crippen LogP contribution in [0.1, 0.15) is 15.2 Å². The number of methoxy groups -OCH3 is 1. The Kier molecular flexibility index (Phi) is 4.16. The fraction of sp³-hybridized carbons (Fsp3) is 0.0588. The summed E-state index contributed by atoms with van der Waals surface area (Å²) in [7, 11) is 1.62. The molecular formula is C17H14N2O2S. The molecule has 4 nitrogen and oxygen atoms in total. The van der Waals surface area contributed by atoms with Crippen LogP contribution in [0.5, 0.6) is 5.75 Å². The smallest absolute Gasteiger partial charge is 0.281 e. The predicted molar refractivity (Wildman–Crippen MR) is 89.9 cm³/mol. The van der Waals surface area contributed by atoms with Gasteiger partial charge in [0.2, 0.25) is 0 Å². The molecule has 3 aromatic rings. The van der Waals surface area contributed by atoms with Crippen LogP contribution in [0, 0.1) is 0 Å². The molecule has 1 amide bonds. The van der Waals surface area contributed by atoms with Crippen LogP contribution in [-0.2, 0) is 0 Å². The van der Waals surface area contributed by atoms with Crippen molar-refractivity contribution in [3.05, 3.63) is 64.4 Å². The minimum Gasteiger partial charge on any atom is -0.496 e. The number of amides is 1. The maximum atomic E-state index is 11.9. The Bertz CT molecular complexity index is 826. The minimum absolute atomic E-state index is 0.217. The molecule has 1 heterocycles. The first-order chi connectivity index (χ1) is 10.8. The summed E-state index contributed by atoms with van der Waals surface area (Å²) in [6.07, 6.45) is 1.62. The summed E-state index contributed by atoms with van der Waals surface area (Å²) in [4.78, 5) is 12.5. The lowest BCUT2D eigenvalue weighted by atomic mass is 10.0. The molecule has 0 unspecified atom stereocenters. The van der Waals surface area contributed by atoms with E-state index in [2.05, 4.69) is 10.5 Å². The third kappa shape index (κ3) is 2.84. The highest BCUT2D eigenvalue weighted by Crippen LogP contribution is 2.26. The number of carbonyl (C=O) groups excluding carboxylic acids is 1. The number of rotatable bonds is 4. The zero-order chi connectivity index (χ0) is 15.4. The molecule has 0 saturated carbocycles. The molecule has 0 radical (unpaired) electrons. The van der Waals surface area contributed by atoms with Crippen LogP contribution in [0.4, 0.5) is 0 Å². The molecule has 0 aliphatic heterocycles. The van der Waals surface area contributed by atoms with Crippen molar-refractivity contribution in [2.75, 3.05) is 7.11 Å². The number of nitrogens with zero attached hydrogens (tertiary/aromatic N) is 1. The molecule has 1 aromatic heterocycles. The van der Waals surface area contributed by atoms with Gasteiger partial charge in [0, 0.05) is 5.56 Å². The van der Waals surface area contributed by atoms with E-state index in [9.17, 15) is 4.79 Å². The molecule has 3 rings (SSSR count). The van der Waals surface area contributed by atoms with Crippen LogP contribution >= 0.6 is 11.3 Å². The van der Waals surface area contributed by atoms with Crippen molar-refractivity contribution in [1.82, 2.24) is 5.43 Å². The molecule has 110 valence electrons. The molecule has 22 heavy (non-hydrogen) atoms. The van der Waals surface area contributed by atoms with E-state index in [1.54, 1.807) is 19.4 Å². The SMILES string of the molecule is COc1ccc2ccccc2c1C=NNC(=O)c1cccs1. The van der Waals surface area contributed by atoms with Gasteiger partial charge in [0.05, 0.1) is 18.2 Å². The topological polar surface area (TPSA) is 50.7 Å². The Morgan fingerprint density at radius 2 is 2.05 bits per heavy atom. The second kappa shape index (κ2) is 6.41. The number of carbonyl (C=O) groups is 1. The Morgan fingerprint density at radius 1 is 1.18 bits per heavy atom. The molecule has 5 heteroatoms. The fourth-order valence-electron chi connectivity index (χ4n) is 2.21. The summed E-state index contributed by atoms with van der Waals surface area (Å²) < 4.78 is 5.38. The van der Waals surface area contributed by atoms with Gasteiger partial charge in [-0.3, -0.25) is 4.79 Å². The van der Waals surface area contributed by atoms with E-state index in [0.717, 1.165) is 16.3 Å². The van der Waals surface area contributed by atoms with Crippen LogP contribution in [0.2, 0.25) is 0 Å². The summed E-state index contributed by atoms with van der Waals surface area (Å²) in [6, 6.07) is 15.4. The minimum atomic E-state index is -0.217. The Morgan fingerprint density at radius 3 is 2.82 bits per heavy atom. The lowest BCUT2D eigenvalue weighted by Gasteiger charge is -2.08. The molecule has 1 N–H and O–H groups in total. The van der Waals surface area contributed by atoms with Gasteiger partial charge in [-0.15, -0.1) is 11.3 Å². The van der Waals surface area contributed by atoms with Crippen molar-refractivity contribution < 1.29 is 9.53 Å². The highest BCUT2D eigenvalue weighted by atomic mass is 32.1. The average Bonchev–Trinajstić information content (AvgIpc) is 3.09. The number of benzene rings is 2. The molecule has 0 spiro atoms. The van der Waals surface area contributed by atoms with E-state index < -0.39 is 0 Å². The number of hydrogen-bond donors (Lipinski definition) is 1.